The second-order valence-corrected chi connectivity index (χ2v) is 6.89. The summed E-state index contributed by atoms with van der Waals surface area (Å²) in [5, 5.41) is 10.7. The summed E-state index contributed by atoms with van der Waals surface area (Å²) in [6.45, 7) is 0.552. The number of urea groups is 2. The molecular formula is C17H21ClN4O5. The predicted octanol–water partition coefficient (Wildman–Crippen LogP) is 0.245. The number of β-amino-alcohol motifs (C(OH)–C–C–N with tert-alkyl or cyclic N) is 1. The Morgan fingerprint density at radius 3 is 2.78 bits per heavy atom. The van der Waals surface area contributed by atoms with Crippen molar-refractivity contribution in [3.63, 3.8) is 0 Å². The number of piperazine rings is 1. The van der Waals surface area contributed by atoms with Gasteiger partial charge in [-0.1, -0.05) is 29.8 Å². The van der Waals surface area contributed by atoms with Gasteiger partial charge in [0.2, 0.25) is 0 Å². The molecule has 0 spiro atoms. The second-order valence-electron chi connectivity index (χ2n) is 6.49. The van der Waals surface area contributed by atoms with Crippen LogP contribution in [0.4, 0.5) is 9.59 Å². The molecule has 2 aliphatic heterocycles. The lowest BCUT2D eigenvalue weighted by Crippen LogP contribution is -2.55. The van der Waals surface area contributed by atoms with E-state index in [9.17, 15) is 19.5 Å². The van der Waals surface area contributed by atoms with Crippen molar-refractivity contribution < 1.29 is 24.2 Å². The minimum atomic E-state index is -1.03. The van der Waals surface area contributed by atoms with E-state index < -0.39 is 30.1 Å². The highest BCUT2D eigenvalue weighted by molar-refractivity contribution is 6.31. The number of hydrogen-bond acceptors (Lipinski definition) is 5. The van der Waals surface area contributed by atoms with Crippen molar-refractivity contribution in [3.8, 4) is 0 Å². The van der Waals surface area contributed by atoms with Crippen molar-refractivity contribution in [3.05, 3.63) is 34.9 Å². The van der Waals surface area contributed by atoms with Crippen molar-refractivity contribution in [1.29, 1.82) is 0 Å². The number of hydrogen-bond donors (Lipinski definition) is 2. The molecule has 0 radical (unpaired) electrons. The molecule has 2 aliphatic rings. The number of aliphatic hydroxyl groups excluding tert-OH is 1. The van der Waals surface area contributed by atoms with E-state index in [0.29, 0.717) is 5.02 Å². The number of carbonyl (C=O) groups excluding carboxylic acids is 3. The molecule has 2 saturated heterocycles. The highest BCUT2D eigenvalue weighted by Crippen LogP contribution is 2.22. The molecule has 3 rings (SSSR count). The van der Waals surface area contributed by atoms with Crippen molar-refractivity contribution >= 4 is 29.6 Å². The topological polar surface area (TPSA) is 116 Å². The molecule has 9 nitrogen and oxygen atoms in total. The number of imide groups is 1. The summed E-state index contributed by atoms with van der Waals surface area (Å²) in [5.74, 6) is -0.448. The van der Waals surface area contributed by atoms with Gasteiger partial charge in [-0.3, -0.25) is 9.69 Å². The van der Waals surface area contributed by atoms with Crippen LogP contribution in [0.2, 0.25) is 5.02 Å². The molecule has 2 atom stereocenters. The first-order chi connectivity index (χ1) is 12.9. The third-order valence-electron chi connectivity index (χ3n) is 4.64. The van der Waals surface area contributed by atoms with E-state index >= 15 is 0 Å². The molecule has 0 unspecified atom stereocenters. The number of nitrogens with two attached hydrogens (primary N) is 1. The van der Waals surface area contributed by atoms with Gasteiger partial charge in [0, 0.05) is 18.1 Å². The Bertz CT molecular complexity index is 746. The Balaban J connectivity index is 1.52. The van der Waals surface area contributed by atoms with Crippen molar-refractivity contribution in [2.75, 3.05) is 32.8 Å². The second kappa shape index (κ2) is 8.12. The fraction of sp³-hybridized carbons (Fsp3) is 0.471. The Kier molecular flexibility index (Phi) is 5.83. The van der Waals surface area contributed by atoms with Crippen LogP contribution < -0.4 is 5.73 Å². The van der Waals surface area contributed by atoms with Crippen molar-refractivity contribution in [2.45, 2.75) is 18.8 Å². The van der Waals surface area contributed by atoms with Crippen LogP contribution >= 0.6 is 11.6 Å². The van der Waals surface area contributed by atoms with Gasteiger partial charge in [-0.2, -0.15) is 0 Å². The molecular weight excluding hydrogens is 376 g/mol. The maximum Gasteiger partial charge on any atom is 0.327 e. The summed E-state index contributed by atoms with van der Waals surface area (Å²) in [4.78, 5) is 40.0. The number of amides is 5. The summed E-state index contributed by atoms with van der Waals surface area (Å²) in [5.41, 5.74) is 6.03. The fourth-order valence-electron chi connectivity index (χ4n) is 3.20. The normalized spacial score (nSPS) is 20.8. The minimum absolute atomic E-state index is 0.0552. The average Bonchev–Trinajstić information content (AvgIpc) is 2.88. The molecule has 2 fully saturated rings. The van der Waals surface area contributed by atoms with Gasteiger partial charge < -0.3 is 25.4 Å². The molecule has 0 aromatic heterocycles. The number of carbonyl (C=O) groups is 3. The molecule has 146 valence electrons. The number of fused-ring (bicyclic) bond motifs is 1. The molecule has 10 heteroatoms. The first kappa shape index (κ1) is 19.4. The lowest BCUT2D eigenvalue weighted by atomic mass is 10.2. The van der Waals surface area contributed by atoms with E-state index in [0.717, 1.165) is 10.5 Å². The van der Waals surface area contributed by atoms with E-state index in [4.69, 9.17) is 22.1 Å². The van der Waals surface area contributed by atoms with E-state index in [1.165, 1.54) is 9.80 Å². The van der Waals surface area contributed by atoms with Crippen LogP contribution in [-0.2, 0) is 16.1 Å². The third kappa shape index (κ3) is 4.15. The molecule has 2 heterocycles. The SMILES string of the molecule is NC(=O)N1CCN2C(=O)N(C[C@H](O)COCc3ccccc3Cl)C(=O)[C@@H]2C1. The number of ether oxygens (including phenoxy) is 1. The lowest BCUT2D eigenvalue weighted by molar-refractivity contribution is -0.130. The van der Waals surface area contributed by atoms with Gasteiger partial charge in [-0.05, 0) is 11.6 Å². The van der Waals surface area contributed by atoms with Crippen LogP contribution in [0.15, 0.2) is 24.3 Å². The third-order valence-corrected chi connectivity index (χ3v) is 5.01. The summed E-state index contributed by atoms with van der Waals surface area (Å²) in [6.07, 6.45) is -1.03. The van der Waals surface area contributed by atoms with E-state index in [-0.39, 0.29) is 39.4 Å². The fourth-order valence-corrected chi connectivity index (χ4v) is 3.39. The van der Waals surface area contributed by atoms with Gasteiger partial charge in [0.15, 0.2) is 0 Å². The molecule has 0 saturated carbocycles. The van der Waals surface area contributed by atoms with Gasteiger partial charge in [0.1, 0.15) is 6.04 Å². The van der Waals surface area contributed by atoms with Crippen molar-refractivity contribution in [1.82, 2.24) is 14.7 Å². The zero-order chi connectivity index (χ0) is 19.6. The smallest absolute Gasteiger partial charge is 0.327 e. The van der Waals surface area contributed by atoms with Gasteiger partial charge in [-0.25, -0.2) is 9.59 Å². The number of primary amides is 1. The number of halogens is 1. The first-order valence-electron chi connectivity index (χ1n) is 8.54. The lowest BCUT2D eigenvalue weighted by Gasteiger charge is -2.34. The Morgan fingerprint density at radius 2 is 2.07 bits per heavy atom. The Labute approximate surface area is 161 Å². The molecule has 3 N–H and O–H groups in total. The minimum Gasteiger partial charge on any atom is -0.389 e. The molecule has 0 bridgehead atoms. The number of nitrogens with zero attached hydrogens (tertiary/aromatic N) is 3. The van der Waals surface area contributed by atoms with Gasteiger partial charge in [0.25, 0.3) is 5.91 Å². The summed E-state index contributed by atoms with van der Waals surface area (Å²) < 4.78 is 5.44. The molecule has 1 aromatic carbocycles. The Hall–Kier alpha value is -2.36. The van der Waals surface area contributed by atoms with Crippen LogP contribution in [0, 0.1) is 0 Å². The first-order valence-corrected chi connectivity index (χ1v) is 8.92. The molecule has 27 heavy (non-hydrogen) atoms. The number of aliphatic hydroxyl groups is 1. The maximum atomic E-state index is 12.5. The molecule has 5 amide bonds. The summed E-state index contributed by atoms with van der Waals surface area (Å²) in [6, 6.07) is 5.33. The predicted molar refractivity (Wildman–Crippen MR) is 95.9 cm³/mol. The summed E-state index contributed by atoms with van der Waals surface area (Å²) >= 11 is 6.04. The van der Waals surface area contributed by atoms with Crippen LogP contribution in [0.5, 0.6) is 0 Å². The van der Waals surface area contributed by atoms with Gasteiger partial charge >= 0.3 is 12.1 Å². The average molecular weight is 397 g/mol. The highest BCUT2D eigenvalue weighted by atomic mass is 35.5. The zero-order valence-electron chi connectivity index (χ0n) is 14.6. The monoisotopic (exact) mass is 396 g/mol. The molecule has 1 aromatic rings. The highest BCUT2D eigenvalue weighted by Gasteiger charge is 2.48. The van der Waals surface area contributed by atoms with Crippen LogP contribution in [0.25, 0.3) is 0 Å². The van der Waals surface area contributed by atoms with Crippen LogP contribution in [0.3, 0.4) is 0 Å². The van der Waals surface area contributed by atoms with Crippen molar-refractivity contribution in [2.24, 2.45) is 5.73 Å². The van der Waals surface area contributed by atoms with E-state index in [1.54, 1.807) is 12.1 Å². The van der Waals surface area contributed by atoms with Crippen LogP contribution in [0.1, 0.15) is 5.56 Å². The standard InChI is InChI=1S/C17H21ClN4O5/c18-13-4-2-1-3-11(13)9-27-10-12(23)7-22-15(24)14-8-20(16(19)25)5-6-21(14)17(22)26/h1-4,12,14,23H,5-10H2,(H2,19,25)/t12-,14-/m0/s1. The largest absolute Gasteiger partial charge is 0.389 e. The Morgan fingerprint density at radius 1 is 1.33 bits per heavy atom. The van der Waals surface area contributed by atoms with Gasteiger partial charge in [0.05, 0.1) is 32.4 Å². The van der Waals surface area contributed by atoms with E-state index in [1.807, 2.05) is 12.1 Å². The quantitative estimate of drug-likeness (QED) is 0.668. The number of benzene rings is 1. The maximum absolute atomic E-state index is 12.5. The number of rotatable bonds is 6. The zero-order valence-corrected chi connectivity index (χ0v) is 15.3. The summed E-state index contributed by atoms with van der Waals surface area (Å²) in [7, 11) is 0. The van der Waals surface area contributed by atoms with Gasteiger partial charge in [-0.15, -0.1) is 0 Å². The molecule has 0 aliphatic carbocycles. The van der Waals surface area contributed by atoms with Crippen LogP contribution in [-0.4, -0.2) is 82.7 Å². The van der Waals surface area contributed by atoms with E-state index in [2.05, 4.69) is 0 Å².